The lowest BCUT2D eigenvalue weighted by atomic mass is 10.1. The van der Waals surface area contributed by atoms with E-state index in [4.69, 9.17) is 10.9 Å². The van der Waals surface area contributed by atoms with Gasteiger partial charge in [-0.3, -0.25) is 4.79 Å². The van der Waals surface area contributed by atoms with Crippen molar-refractivity contribution in [1.82, 2.24) is 5.32 Å². The van der Waals surface area contributed by atoms with Crippen molar-refractivity contribution in [3.63, 3.8) is 0 Å². The van der Waals surface area contributed by atoms with Crippen LogP contribution in [0, 0.1) is 6.92 Å². The van der Waals surface area contributed by atoms with Gasteiger partial charge < -0.3 is 16.0 Å². The normalized spacial score (nSPS) is 11.2. The summed E-state index contributed by atoms with van der Waals surface area (Å²) in [7, 11) is -0.657. The highest BCUT2D eigenvalue weighted by molar-refractivity contribution is 7.89. The molecule has 1 amide bonds. The maximum absolute atomic E-state index is 11.5. The SMILES string of the molecule is CNC(=O)CN(C)c1cc(N)cc(S(N)(=O)=O)c1C. The summed E-state index contributed by atoms with van der Waals surface area (Å²) in [6, 6.07) is 2.91. The molecule has 0 heterocycles. The van der Waals surface area contributed by atoms with Gasteiger partial charge in [-0.15, -0.1) is 0 Å². The molecule has 0 atom stereocenters. The smallest absolute Gasteiger partial charge is 0.239 e. The summed E-state index contributed by atoms with van der Waals surface area (Å²) in [6.07, 6.45) is 0. The number of carbonyl (C=O) groups excluding carboxylic acids is 1. The molecule has 0 radical (unpaired) electrons. The van der Waals surface area contributed by atoms with Gasteiger partial charge in [0.25, 0.3) is 0 Å². The number of sulfonamides is 1. The van der Waals surface area contributed by atoms with Crippen LogP contribution >= 0.6 is 0 Å². The number of amides is 1. The molecule has 8 heteroatoms. The third-order valence-corrected chi connectivity index (χ3v) is 3.77. The van der Waals surface area contributed by atoms with Gasteiger partial charge in [-0.25, -0.2) is 13.6 Å². The van der Waals surface area contributed by atoms with Crippen molar-refractivity contribution in [2.75, 3.05) is 31.3 Å². The highest BCUT2D eigenvalue weighted by atomic mass is 32.2. The van der Waals surface area contributed by atoms with Crippen LogP contribution in [0.4, 0.5) is 11.4 Å². The number of nitrogens with zero attached hydrogens (tertiary/aromatic N) is 1. The lowest BCUT2D eigenvalue weighted by Gasteiger charge is -2.22. The lowest BCUT2D eigenvalue weighted by molar-refractivity contribution is -0.119. The van der Waals surface area contributed by atoms with Gasteiger partial charge in [0, 0.05) is 25.5 Å². The van der Waals surface area contributed by atoms with Gasteiger partial charge >= 0.3 is 0 Å². The first kappa shape index (κ1) is 15.3. The second-order valence-corrected chi connectivity index (χ2v) is 5.77. The molecule has 0 aliphatic heterocycles. The van der Waals surface area contributed by atoms with E-state index in [0.717, 1.165) is 0 Å². The molecule has 0 saturated carbocycles. The van der Waals surface area contributed by atoms with Crippen molar-refractivity contribution < 1.29 is 13.2 Å². The maximum Gasteiger partial charge on any atom is 0.239 e. The molecule has 0 unspecified atom stereocenters. The number of benzene rings is 1. The predicted molar refractivity (Wildman–Crippen MR) is 74.3 cm³/mol. The Morgan fingerprint density at radius 1 is 1.42 bits per heavy atom. The van der Waals surface area contributed by atoms with Crippen LogP contribution in [-0.2, 0) is 14.8 Å². The number of primary sulfonamides is 1. The summed E-state index contributed by atoms with van der Waals surface area (Å²) in [5.74, 6) is -0.193. The molecule has 7 nitrogen and oxygen atoms in total. The molecule has 106 valence electrons. The molecule has 0 aliphatic rings. The highest BCUT2D eigenvalue weighted by Crippen LogP contribution is 2.28. The molecular formula is C11H18N4O3S. The monoisotopic (exact) mass is 286 g/mol. The van der Waals surface area contributed by atoms with Gasteiger partial charge in [0.15, 0.2) is 0 Å². The fourth-order valence-electron chi connectivity index (χ4n) is 1.77. The van der Waals surface area contributed by atoms with E-state index in [2.05, 4.69) is 5.32 Å². The number of nitrogens with one attached hydrogen (secondary N) is 1. The van der Waals surface area contributed by atoms with Crippen LogP contribution in [0.1, 0.15) is 5.56 Å². The number of anilines is 2. The van der Waals surface area contributed by atoms with E-state index >= 15 is 0 Å². The Bertz CT molecular complexity index is 598. The molecule has 0 aromatic heterocycles. The van der Waals surface area contributed by atoms with Crippen LogP contribution in [0.2, 0.25) is 0 Å². The topological polar surface area (TPSA) is 119 Å². The first-order chi connectivity index (χ1) is 8.66. The molecule has 0 fully saturated rings. The molecular weight excluding hydrogens is 268 g/mol. The molecule has 0 aliphatic carbocycles. The standard InChI is InChI=1S/C11H18N4O3S/c1-7-9(15(3)6-11(16)14-2)4-8(12)5-10(7)19(13,17)18/h4-5H,6,12H2,1-3H3,(H,14,16)(H2,13,17,18). The van der Waals surface area contributed by atoms with Crippen LogP contribution < -0.4 is 21.1 Å². The van der Waals surface area contributed by atoms with Gasteiger partial charge in [-0.2, -0.15) is 0 Å². The van der Waals surface area contributed by atoms with Crippen molar-refractivity contribution in [1.29, 1.82) is 0 Å². The van der Waals surface area contributed by atoms with E-state index in [1.807, 2.05) is 0 Å². The molecule has 0 saturated heterocycles. The molecule has 0 spiro atoms. The Kier molecular flexibility index (Phi) is 4.38. The van der Waals surface area contributed by atoms with Crippen LogP contribution in [0.25, 0.3) is 0 Å². The first-order valence-electron chi connectivity index (χ1n) is 5.51. The van der Waals surface area contributed by atoms with E-state index < -0.39 is 10.0 Å². The zero-order valence-corrected chi connectivity index (χ0v) is 11.9. The fourth-order valence-corrected chi connectivity index (χ4v) is 2.60. The zero-order chi connectivity index (χ0) is 14.8. The van der Waals surface area contributed by atoms with Crippen LogP contribution in [0.3, 0.4) is 0 Å². The van der Waals surface area contributed by atoms with Gasteiger partial charge in [-0.1, -0.05) is 0 Å². The summed E-state index contributed by atoms with van der Waals surface area (Å²) < 4.78 is 23.0. The number of likely N-dealkylation sites (N-methyl/N-ethyl adjacent to an activating group) is 2. The van der Waals surface area contributed by atoms with E-state index in [0.29, 0.717) is 11.3 Å². The fraction of sp³-hybridized carbons (Fsp3) is 0.364. The Morgan fingerprint density at radius 3 is 2.47 bits per heavy atom. The largest absolute Gasteiger partial charge is 0.399 e. The number of nitrogen functional groups attached to an aromatic ring is 1. The minimum absolute atomic E-state index is 0.0359. The van der Waals surface area contributed by atoms with Crippen LogP contribution in [-0.4, -0.2) is 35.0 Å². The van der Waals surface area contributed by atoms with E-state index in [1.165, 1.54) is 13.1 Å². The summed E-state index contributed by atoms with van der Waals surface area (Å²) in [4.78, 5) is 12.9. The van der Waals surface area contributed by atoms with Crippen molar-refractivity contribution in [2.45, 2.75) is 11.8 Å². The van der Waals surface area contributed by atoms with E-state index in [9.17, 15) is 13.2 Å². The first-order valence-corrected chi connectivity index (χ1v) is 7.06. The van der Waals surface area contributed by atoms with Gasteiger partial charge in [0.2, 0.25) is 15.9 Å². The molecule has 19 heavy (non-hydrogen) atoms. The third kappa shape index (κ3) is 3.58. The van der Waals surface area contributed by atoms with Crippen molar-refractivity contribution in [3.8, 4) is 0 Å². The second kappa shape index (κ2) is 5.45. The zero-order valence-electron chi connectivity index (χ0n) is 11.1. The average molecular weight is 286 g/mol. The third-order valence-electron chi connectivity index (χ3n) is 2.73. The minimum Gasteiger partial charge on any atom is -0.399 e. The summed E-state index contributed by atoms with van der Waals surface area (Å²) >= 11 is 0. The minimum atomic E-state index is -3.85. The van der Waals surface area contributed by atoms with Crippen LogP contribution in [0.5, 0.6) is 0 Å². The van der Waals surface area contributed by atoms with Gasteiger partial charge in [0.1, 0.15) is 0 Å². The van der Waals surface area contributed by atoms with E-state index in [1.54, 1.807) is 24.9 Å². The molecule has 1 aromatic rings. The van der Waals surface area contributed by atoms with Gasteiger partial charge in [0.05, 0.1) is 11.4 Å². The Hall–Kier alpha value is -1.80. The van der Waals surface area contributed by atoms with Crippen molar-refractivity contribution >= 4 is 27.3 Å². The van der Waals surface area contributed by atoms with Gasteiger partial charge in [-0.05, 0) is 24.6 Å². The number of hydrogen-bond acceptors (Lipinski definition) is 5. The lowest BCUT2D eigenvalue weighted by Crippen LogP contribution is -2.33. The Labute approximate surface area is 112 Å². The molecule has 5 N–H and O–H groups in total. The molecule has 1 aromatic carbocycles. The summed E-state index contributed by atoms with van der Waals surface area (Å²) in [6.45, 7) is 1.71. The Morgan fingerprint density at radius 2 is 2.00 bits per heavy atom. The van der Waals surface area contributed by atoms with Crippen molar-refractivity contribution in [2.24, 2.45) is 5.14 Å². The quantitative estimate of drug-likeness (QED) is 0.639. The maximum atomic E-state index is 11.5. The predicted octanol–water partition coefficient (Wildman–Crippen LogP) is -0.593. The van der Waals surface area contributed by atoms with E-state index in [-0.39, 0.29) is 23.0 Å². The Balaban J connectivity index is 3.29. The average Bonchev–Trinajstić information content (AvgIpc) is 2.29. The van der Waals surface area contributed by atoms with Crippen LogP contribution in [0.15, 0.2) is 17.0 Å². The molecule has 0 bridgehead atoms. The van der Waals surface area contributed by atoms with Crippen molar-refractivity contribution in [3.05, 3.63) is 17.7 Å². The summed E-state index contributed by atoms with van der Waals surface area (Å²) in [5.41, 5.74) is 6.96. The second-order valence-electron chi connectivity index (χ2n) is 4.24. The number of rotatable bonds is 4. The highest BCUT2D eigenvalue weighted by Gasteiger charge is 2.18. The summed E-state index contributed by atoms with van der Waals surface area (Å²) in [5, 5.41) is 7.63. The number of carbonyl (C=O) groups is 1. The molecule has 1 rings (SSSR count). The number of nitrogens with two attached hydrogens (primary N) is 2. The number of hydrogen-bond donors (Lipinski definition) is 3.